The zero-order valence-electron chi connectivity index (χ0n) is 15.4. The molecule has 0 bridgehead atoms. The normalized spacial score (nSPS) is 10.5. The van der Waals surface area contributed by atoms with E-state index in [2.05, 4.69) is 4.98 Å². The average molecular weight is 419 g/mol. The molecular formula is C19H17NO6S2. The minimum Gasteiger partial charge on any atom is -0.493 e. The lowest BCUT2D eigenvalue weighted by molar-refractivity contribution is 0.0728. The van der Waals surface area contributed by atoms with Crippen LogP contribution in [-0.4, -0.2) is 25.2 Å². The van der Waals surface area contributed by atoms with Gasteiger partial charge in [-0.15, -0.1) is 11.3 Å². The molecule has 0 fully saturated rings. The van der Waals surface area contributed by atoms with Crippen LogP contribution in [0.15, 0.2) is 49.5 Å². The van der Waals surface area contributed by atoms with Gasteiger partial charge in [-0.05, 0) is 25.1 Å². The highest BCUT2D eigenvalue weighted by molar-refractivity contribution is 8.00. The van der Waals surface area contributed by atoms with Crippen LogP contribution in [0.25, 0.3) is 0 Å². The molecule has 0 spiro atoms. The van der Waals surface area contributed by atoms with Gasteiger partial charge >= 0.3 is 5.97 Å². The van der Waals surface area contributed by atoms with E-state index >= 15 is 0 Å². The summed E-state index contributed by atoms with van der Waals surface area (Å²) in [7, 11) is 2.96. The highest BCUT2D eigenvalue weighted by Gasteiger charge is 2.15. The molecule has 0 radical (unpaired) electrons. The van der Waals surface area contributed by atoms with E-state index in [1.807, 2.05) is 12.3 Å². The summed E-state index contributed by atoms with van der Waals surface area (Å²) in [5.74, 6) is 0.900. The molecule has 0 amide bonds. The zero-order chi connectivity index (χ0) is 20.1. The van der Waals surface area contributed by atoms with E-state index in [0.717, 1.165) is 16.3 Å². The lowest BCUT2D eigenvalue weighted by Crippen LogP contribution is -2.15. The molecule has 0 aliphatic heterocycles. The van der Waals surface area contributed by atoms with Gasteiger partial charge in [0.25, 0.3) is 0 Å². The molecular weight excluding hydrogens is 402 g/mol. The Balaban J connectivity index is 1.68. The third-order valence-corrected chi connectivity index (χ3v) is 5.77. The summed E-state index contributed by atoms with van der Waals surface area (Å²) in [4.78, 5) is 28.9. The van der Waals surface area contributed by atoms with E-state index in [1.54, 1.807) is 6.07 Å². The molecule has 0 unspecified atom stereocenters. The number of hydrogen-bond acceptors (Lipinski definition) is 9. The fourth-order valence-corrected chi connectivity index (χ4v) is 3.98. The first-order valence-corrected chi connectivity index (χ1v) is 9.97. The Bertz CT molecular complexity index is 1040. The lowest BCUT2D eigenvalue weighted by atomic mass is 10.2. The monoisotopic (exact) mass is 419 g/mol. The smallest absolute Gasteiger partial charge is 0.343 e. The van der Waals surface area contributed by atoms with E-state index in [-0.39, 0.29) is 11.3 Å². The van der Waals surface area contributed by atoms with Crippen LogP contribution in [0.3, 0.4) is 0 Å². The number of carbonyl (C=O) groups excluding carboxylic acids is 1. The van der Waals surface area contributed by atoms with E-state index < -0.39 is 11.4 Å². The number of aromatic nitrogens is 1. The van der Waals surface area contributed by atoms with Gasteiger partial charge in [-0.1, -0.05) is 11.8 Å². The van der Waals surface area contributed by atoms with Gasteiger partial charge in [-0.2, -0.15) is 0 Å². The number of methoxy groups -OCH3 is 2. The van der Waals surface area contributed by atoms with Crippen molar-refractivity contribution in [3.8, 4) is 17.2 Å². The van der Waals surface area contributed by atoms with Gasteiger partial charge in [0.2, 0.25) is 11.2 Å². The lowest BCUT2D eigenvalue weighted by Gasteiger charge is -2.09. The topological polar surface area (TPSA) is 87.9 Å². The molecule has 0 saturated heterocycles. The number of aryl methyl sites for hydroxylation is 1. The third-order valence-electron chi connectivity index (χ3n) is 3.61. The molecule has 1 aromatic carbocycles. The number of thioether (sulfide) groups is 1. The van der Waals surface area contributed by atoms with Crippen molar-refractivity contribution in [3.05, 3.63) is 63.1 Å². The molecule has 2 heterocycles. The highest BCUT2D eigenvalue weighted by atomic mass is 32.2. The number of esters is 1. The van der Waals surface area contributed by atoms with E-state index in [0.29, 0.717) is 23.0 Å². The Labute approximate surface area is 169 Å². The van der Waals surface area contributed by atoms with Crippen LogP contribution >= 0.6 is 23.1 Å². The quantitative estimate of drug-likeness (QED) is 0.420. The Hall–Kier alpha value is -2.78. The molecule has 0 aliphatic rings. The van der Waals surface area contributed by atoms with Crippen LogP contribution in [0.5, 0.6) is 17.2 Å². The van der Waals surface area contributed by atoms with Gasteiger partial charge < -0.3 is 18.6 Å². The number of rotatable bonds is 7. The summed E-state index contributed by atoms with van der Waals surface area (Å²) < 4.78 is 21.8. The number of hydrogen-bond donors (Lipinski definition) is 0. The molecule has 0 atom stereocenters. The predicted octanol–water partition coefficient (Wildman–Crippen LogP) is 3.93. The molecule has 0 N–H and O–H groups in total. The molecule has 146 valence electrons. The Kier molecular flexibility index (Phi) is 6.37. The molecule has 0 aliphatic carbocycles. The third kappa shape index (κ3) is 4.73. The van der Waals surface area contributed by atoms with Crippen LogP contribution in [-0.2, 0) is 5.75 Å². The first kappa shape index (κ1) is 20.0. The van der Waals surface area contributed by atoms with Gasteiger partial charge in [-0.3, -0.25) is 4.79 Å². The summed E-state index contributed by atoms with van der Waals surface area (Å²) in [6, 6.07) is 5.89. The Morgan fingerprint density at radius 3 is 2.61 bits per heavy atom. The molecule has 28 heavy (non-hydrogen) atoms. The second kappa shape index (κ2) is 8.94. The van der Waals surface area contributed by atoms with Crippen molar-refractivity contribution in [3.63, 3.8) is 0 Å². The average Bonchev–Trinajstić information content (AvgIpc) is 3.12. The highest BCUT2D eigenvalue weighted by Crippen LogP contribution is 2.28. The van der Waals surface area contributed by atoms with Crippen molar-refractivity contribution >= 4 is 29.1 Å². The van der Waals surface area contributed by atoms with Gasteiger partial charge in [0.15, 0.2) is 15.8 Å². The molecule has 0 saturated carbocycles. The summed E-state index contributed by atoms with van der Waals surface area (Å²) in [5, 5.41) is 1.95. The maximum atomic E-state index is 12.3. The maximum Gasteiger partial charge on any atom is 0.343 e. The van der Waals surface area contributed by atoms with E-state index in [4.69, 9.17) is 18.6 Å². The second-order valence-electron chi connectivity index (χ2n) is 5.58. The Morgan fingerprint density at radius 1 is 1.18 bits per heavy atom. The Morgan fingerprint density at radius 2 is 1.96 bits per heavy atom. The van der Waals surface area contributed by atoms with Crippen molar-refractivity contribution < 1.29 is 23.4 Å². The fourth-order valence-electron chi connectivity index (χ4n) is 2.24. The summed E-state index contributed by atoms with van der Waals surface area (Å²) >= 11 is 3.00. The largest absolute Gasteiger partial charge is 0.493 e. The standard InChI is InChI=1S/C19H17NO6S2/c1-11-9-27-19(20-11)28-10-13-7-14(21)17(8-25-13)26-18(22)12-4-5-15(23-2)16(6-12)24-3/h4-9H,10H2,1-3H3. The number of ether oxygens (including phenoxy) is 3. The van der Waals surface area contributed by atoms with Crippen LogP contribution in [0, 0.1) is 6.92 Å². The summed E-state index contributed by atoms with van der Waals surface area (Å²) in [6.07, 6.45) is 1.14. The number of nitrogens with zero attached hydrogens (tertiary/aromatic N) is 1. The van der Waals surface area contributed by atoms with Crippen LogP contribution < -0.4 is 19.6 Å². The van der Waals surface area contributed by atoms with Gasteiger partial charge in [-0.25, -0.2) is 9.78 Å². The molecule has 2 aromatic heterocycles. The number of thiazole rings is 1. The van der Waals surface area contributed by atoms with E-state index in [1.165, 1.54) is 55.5 Å². The van der Waals surface area contributed by atoms with Crippen molar-refractivity contribution in [2.75, 3.05) is 14.2 Å². The van der Waals surface area contributed by atoms with Crippen LogP contribution in [0.1, 0.15) is 21.8 Å². The minimum atomic E-state index is -0.700. The van der Waals surface area contributed by atoms with Crippen molar-refractivity contribution in [1.29, 1.82) is 0 Å². The first-order chi connectivity index (χ1) is 13.5. The summed E-state index contributed by atoms with van der Waals surface area (Å²) in [5.41, 5.74) is 0.730. The van der Waals surface area contributed by atoms with Crippen molar-refractivity contribution in [2.24, 2.45) is 0 Å². The minimum absolute atomic E-state index is 0.182. The number of benzene rings is 1. The van der Waals surface area contributed by atoms with E-state index in [9.17, 15) is 9.59 Å². The van der Waals surface area contributed by atoms with Crippen molar-refractivity contribution in [1.82, 2.24) is 4.98 Å². The number of carbonyl (C=O) groups is 1. The zero-order valence-corrected chi connectivity index (χ0v) is 17.0. The van der Waals surface area contributed by atoms with Crippen LogP contribution in [0.4, 0.5) is 0 Å². The molecule has 3 rings (SSSR count). The fraction of sp³-hybridized carbons (Fsp3) is 0.211. The molecule has 3 aromatic rings. The first-order valence-electron chi connectivity index (χ1n) is 8.11. The molecule has 9 heteroatoms. The maximum absolute atomic E-state index is 12.3. The van der Waals surface area contributed by atoms with Gasteiger partial charge in [0.05, 0.1) is 25.5 Å². The van der Waals surface area contributed by atoms with Gasteiger partial charge in [0, 0.05) is 17.1 Å². The summed E-state index contributed by atoms with van der Waals surface area (Å²) in [6.45, 7) is 1.92. The molecule has 7 nitrogen and oxygen atoms in total. The van der Waals surface area contributed by atoms with Crippen LogP contribution in [0.2, 0.25) is 0 Å². The predicted molar refractivity (Wildman–Crippen MR) is 106 cm³/mol. The second-order valence-corrected chi connectivity index (χ2v) is 7.66. The van der Waals surface area contributed by atoms with Gasteiger partial charge in [0.1, 0.15) is 12.0 Å². The van der Waals surface area contributed by atoms with Crippen molar-refractivity contribution in [2.45, 2.75) is 17.0 Å². The SMILES string of the molecule is COc1ccc(C(=O)Oc2coc(CSc3nc(C)cs3)cc2=O)cc1OC.